The molecule has 102 valence electrons. The second-order valence-corrected chi connectivity index (χ2v) is 6.94. The number of carbonyl (C=O) groups is 1. The Morgan fingerprint density at radius 1 is 1.35 bits per heavy atom. The van der Waals surface area contributed by atoms with Crippen molar-refractivity contribution in [3.63, 3.8) is 0 Å². The summed E-state index contributed by atoms with van der Waals surface area (Å²) in [7, 11) is 0. The fourth-order valence-corrected chi connectivity index (χ4v) is 4.44. The Kier molecular flexibility index (Phi) is 3.98. The van der Waals surface area contributed by atoms with E-state index in [-0.39, 0.29) is 5.56 Å². The SMILES string of the molecule is O=C(O)c1ccc(SCC2Cc3ccccc3S2)nc1. The van der Waals surface area contributed by atoms with E-state index in [2.05, 4.69) is 29.2 Å². The second-order valence-electron chi connectivity index (χ2n) is 4.55. The summed E-state index contributed by atoms with van der Waals surface area (Å²) in [4.78, 5) is 16.3. The molecule has 1 N–H and O–H groups in total. The Balaban J connectivity index is 1.57. The van der Waals surface area contributed by atoms with Gasteiger partial charge in [0.2, 0.25) is 0 Å². The van der Waals surface area contributed by atoms with E-state index in [0.717, 1.165) is 17.2 Å². The average molecular weight is 303 g/mol. The molecule has 0 amide bonds. The lowest BCUT2D eigenvalue weighted by atomic mass is 10.1. The highest BCUT2D eigenvalue weighted by Crippen LogP contribution is 2.38. The van der Waals surface area contributed by atoms with Crippen LogP contribution in [0.5, 0.6) is 0 Å². The monoisotopic (exact) mass is 303 g/mol. The number of nitrogens with zero attached hydrogens (tertiary/aromatic N) is 1. The van der Waals surface area contributed by atoms with Gasteiger partial charge in [0.25, 0.3) is 0 Å². The molecule has 1 unspecified atom stereocenters. The van der Waals surface area contributed by atoms with Gasteiger partial charge in [-0.25, -0.2) is 9.78 Å². The molecule has 1 aliphatic heterocycles. The summed E-state index contributed by atoms with van der Waals surface area (Å²) in [5.41, 5.74) is 1.66. The van der Waals surface area contributed by atoms with Crippen molar-refractivity contribution in [1.82, 2.24) is 4.98 Å². The summed E-state index contributed by atoms with van der Waals surface area (Å²) in [6, 6.07) is 11.9. The predicted octanol–water partition coefficient (Wildman–Crippen LogP) is 3.59. The van der Waals surface area contributed by atoms with Crippen LogP contribution in [0.2, 0.25) is 0 Å². The largest absolute Gasteiger partial charge is 0.478 e. The van der Waals surface area contributed by atoms with E-state index < -0.39 is 5.97 Å². The van der Waals surface area contributed by atoms with Crippen molar-refractivity contribution in [2.24, 2.45) is 0 Å². The molecular weight excluding hydrogens is 290 g/mol. The van der Waals surface area contributed by atoms with Gasteiger partial charge in [0.1, 0.15) is 0 Å². The number of fused-ring (bicyclic) bond motifs is 1. The Morgan fingerprint density at radius 2 is 2.20 bits per heavy atom. The van der Waals surface area contributed by atoms with Gasteiger partial charge in [-0.15, -0.1) is 23.5 Å². The molecule has 1 aromatic heterocycles. The van der Waals surface area contributed by atoms with E-state index in [1.54, 1.807) is 23.9 Å². The number of rotatable bonds is 4. The molecule has 5 heteroatoms. The quantitative estimate of drug-likeness (QED) is 0.875. The lowest BCUT2D eigenvalue weighted by Gasteiger charge is -2.07. The van der Waals surface area contributed by atoms with Crippen molar-refractivity contribution in [3.8, 4) is 0 Å². The van der Waals surface area contributed by atoms with Crippen LogP contribution in [0.25, 0.3) is 0 Å². The Hall–Kier alpha value is -1.46. The lowest BCUT2D eigenvalue weighted by Crippen LogP contribution is -2.04. The van der Waals surface area contributed by atoms with Gasteiger partial charge in [-0.2, -0.15) is 0 Å². The third-order valence-electron chi connectivity index (χ3n) is 3.11. The molecule has 0 radical (unpaired) electrons. The van der Waals surface area contributed by atoms with Crippen molar-refractivity contribution in [3.05, 3.63) is 53.7 Å². The molecule has 3 rings (SSSR count). The molecule has 3 nitrogen and oxygen atoms in total. The Bertz CT molecular complexity index is 603. The molecule has 2 heterocycles. The minimum Gasteiger partial charge on any atom is -0.478 e. The van der Waals surface area contributed by atoms with Crippen molar-refractivity contribution in [1.29, 1.82) is 0 Å². The zero-order valence-corrected chi connectivity index (χ0v) is 12.3. The zero-order chi connectivity index (χ0) is 13.9. The van der Waals surface area contributed by atoms with Crippen LogP contribution in [0, 0.1) is 0 Å². The van der Waals surface area contributed by atoms with Crippen LogP contribution in [0.15, 0.2) is 52.5 Å². The van der Waals surface area contributed by atoms with Crippen molar-refractivity contribution in [2.45, 2.75) is 21.6 Å². The molecule has 0 aliphatic carbocycles. The van der Waals surface area contributed by atoms with Gasteiger partial charge in [0, 0.05) is 22.1 Å². The standard InChI is InChI=1S/C15H13NO2S2/c17-15(18)11-5-6-14(16-8-11)19-9-12-7-10-3-1-2-4-13(10)20-12/h1-6,8,12H,7,9H2,(H,17,18). The summed E-state index contributed by atoms with van der Waals surface area (Å²) in [5, 5.41) is 10.3. The van der Waals surface area contributed by atoms with E-state index in [1.807, 2.05) is 11.8 Å². The van der Waals surface area contributed by atoms with E-state index >= 15 is 0 Å². The minimum absolute atomic E-state index is 0.233. The first kappa shape index (κ1) is 13.5. The first-order valence-corrected chi connectivity index (χ1v) is 8.15. The number of thioether (sulfide) groups is 2. The summed E-state index contributed by atoms with van der Waals surface area (Å²) in [5.74, 6) is 0.0505. The third-order valence-corrected chi connectivity index (χ3v) is 5.75. The predicted molar refractivity (Wildman–Crippen MR) is 81.7 cm³/mol. The number of benzene rings is 1. The van der Waals surface area contributed by atoms with Crippen molar-refractivity contribution in [2.75, 3.05) is 5.75 Å². The molecule has 2 aromatic rings. The van der Waals surface area contributed by atoms with E-state index in [9.17, 15) is 4.79 Å². The highest BCUT2D eigenvalue weighted by Gasteiger charge is 2.21. The number of hydrogen-bond donors (Lipinski definition) is 1. The number of aromatic carboxylic acids is 1. The van der Waals surface area contributed by atoms with Crippen LogP contribution >= 0.6 is 23.5 Å². The van der Waals surface area contributed by atoms with Crippen molar-refractivity contribution >= 4 is 29.5 Å². The van der Waals surface area contributed by atoms with E-state index in [0.29, 0.717) is 5.25 Å². The molecule has 0 bridgehead atoms. The van der Waals surface area contributed by atoms with Crippen LogP contribution in [0.4, 0.5) is 0 Å². The maximum atomic E-state index is 10.8. The fraction of sp³-hybridized carbons (Fsp3) is 0.200. The Morgan fingerprint density at radius 3 is 2.90 bits per heavy atom. The number of carboxylic acids is 1. The van der Waals surface area contributed by atoms with Crippen LogP contribution in [-0.2, 0) is 6.42 Å². The molecule has 0 saturated carbocycles. The average Bonchev–Trinajstić information content (AvgIpc) is 2.88. The minimum atomic E-state index is -0.934. The van der Waals surface area contributed by atoms with E-state index in [4.69, 9.17) is 5.11 Å². The first-order chi connectivity index (χ1) is 9.72. The number of pyridine rings is 1. The smallest absolute Gasteiger partial charge is 0.337 e. The summed E-state index contributed by atoms with van der Waals surface area (Å²) in [6.07, 6.45) is 2.52. The first-order valence-electron chi connectivity index (χ1n) is 6.29. The second kappa shape index (κ2) is 5.89. The zero-order valence-electron chi connectivity index (χ0n) is 10.7. The third kappa shape index (κ3) is 2.99. The summed E-state index contributed by atoms with van der Waals surface area (Å²) < 4.78 is 0. The molecule has 0 spiro atoms. The molecule has 1 atom stereocenters. The van der Waals surface area contributed by atoms with Gasteiger partial charge < -0.3 is 5.11 Å². The maximum Gasteiger partial charge on any atom is 0.337 e. The van der Waals surface area contributed by atoms with Gasteiger partial charge in [0.15, 0.2) is 0 Å². The molecule has 1 aliphatic rings. The maximum absolute atomic E-state index is 10.8. The molecule has 20 heavy (non-hydrogen) atoms. The molecule has 0 fully saturated rings. The normalized spacial score (nSPS) is 16.9. The fourth-order valence-electron chi connectivity index (χ4n) is 2.12. The summed E-state index contributed by atoms with van der Waals surface area (Å²) in [6.45, 7) is 0. The van der Waals surface area contributed by atoms with Gasteiger partial charge in [0.05, 0.1) is 10.6 Å². The highest BCUT2D eigenvalue weighted by atomic mass is 32.2. The Labute approximate surface area is 125 Å². The topological polar surface area (TPSA) is 50.2 Å². The number of hydrogen-bond acceptors (Lipinski definition) is 4. The molecule has 0 saturated heterocycles. The highest BCUT2D eigenvalue weighted by molar-refractivity contribution is 8.03. The number of aromatic nitrogens is 1. The van der Waals surface area contributed by atoms with Gasteiger partial charge in [-0.3, -0.25) is 0 Å². The number of carboxylic acid groups (broad SMARTS) is 1. The summed E-state index contributed by atoms with van der Waals surface area (Å²) >= 11 is 3.60. The van der Waals surface area contributed by atoms with Gasteiger partial charge >= 0.3 is 5.97 Å². The molecular formula is C15H13NO2S2. The lowest BCUT2D eigenvalue weighted by molar-refractivity contribution is 0.0696. The van der Waals surface area contributed by atoms with Crippen LogP contribution in [0.3, 0.4) is 0 Å². The van der Waals surface area contributed by atoms with Crippen LogP contribution < -0.4 is 0 Å². The van der Waals surface area contributed by atoms with Crippen molar-refractivity contribution < 1.29 is 9.90 Å². The molecule has 1 aromatic carbocycles. The van der Waals surface area contributed by atoms with Crippen LogP contribution in [0.1, 0.15) is 15.9 Å². The van der Waals surface area contributed by atoms with Crippen LogP contribution in [-0.4, -0.2) is 27.1 Å². The van der Waals surface area contributed by atoms with Gasteiger partial charge in [-0.1, -0.05) is 18.2 Å². The van der Waals surface area contributed by atoms with E-state index in [1.165, 1.54) is 16.7 Å². The van der Waals surface area contributed by atoms with Gasteiger partial charge in [-0.05, 0) is 30.2 Å².